The number of aromatic nitrogens is 3. The van der Waals surface area contributed by atoms with Gasteiger partial charge < -0.3 is 9.47 Å². The van der Waals surface area contributed by atoms with Gasteiger partial charge in [-0.15, -0.1) is 0 Å². The average molecular weight is 389 g/mol. The van der Waals surface area contributed by atoms with Crippen molar-refractivity contribution in [3.63, 3.8) is 0 Å². The van der Waals surface area contributed by atoms with Crippen LogP contribution in [0.1, 0.15) is 56.0 Å². The molecule has 1 saturated heterocycles. The largest absolute Gasteiger partial charge is 0.342 e. The van der Waals surface area contributed by atoms with Crippen LogP contribution in [0.3, 0.4) is 0 Å². The Hall–Kier alpha value is -2.69. The van der Waals surface area contributed by atoms with Crippen LogP contribution in [0.15, 0.2) is 55.0 Å². The molecule has 2 aliphatic rings. The predicted molar refractivity (Wildman–Crippen MR) is 114 cm³/mol. The van der Waals surface area contributed by atoms with Crippen molar-refractivity contribution in [3.8, 4) is 0 Å². The van der Waals surface area contributed by atoms with Crippen LogP contribution in [0.4, 0.5) is 0 Å². The van der Waals surface area contributed by atoms with Crippen molar-refractivity contribution < 1.29 is 4.79 Å². The first-order valence-electron chi connectivity index (χ1n) is 10.9. The number of benzene rings is 1. The number of pyridine rings is 1. The normalized spacial score (nSPS) is 19.7. The summed E-state index contributed by atoms with van der Waals surface area (Å²) in [6.07, 6.45) is 10.5. The first-order chi connectivity index (χ1) is 14.3. The number of rotatable bonds is 4. The Morgan fingerprint density at radius 3 is 2.45 bits per heavy atom. The molecule has 1 saturated carbocycles. The zero-order valence-electron chi connectivity index (χ0n) is 16.8. The van der Waals surface area contributed by atoms with Crippen molar-refractivity contribution in [1.29, 1.82) is 0 Å². The number of carbonyl (C=O) groups excluding carboxylic acids is 1. The standard InChI is InChI=1S/C24H28N4O/c29-24(22(19-9-4-5-10-19)18-7-2-1-3-8-18)27-15-12-20(13-16-27)28-17-26-21-11-6-14-25-23(21)28/h1-3,6-8,11,14,17,19-20,22H,4-5,9-10,12-13,15-16H2/t22-/m1/s1. The van der Waals surface area contributed by atoms with E-state index in [4.69, 9.17) is 0 Å². The Bertz CT molecular complexity index is 969. The second kappa shape index (κ2) is 7.97. The summed E-state index contributed by atoms with van der Waals surface area (Å²) in [6.45, 7) is 1.62. The lowest BCUT2D eigenvalue weighted by Gasteiger charge is -2.36. The second-order valence-electron chi connectivity index (χ2n) is 8.49. The molecular formula is C24H28N4O. The second-order valence-corrected chi connectivity index (χ2v) is 8.49. The number of piperidine rings is 1. The van der Waals surface area contributed by atoms with Gasteiger partial charge in [-0.25, -0.2) is 9.97 Å². The van der Waals surface area contributed by atoms with Gasteiger partial charge in [0.25, 0.3) is 0 Å². The van der Waals surface area contributed by atoms with E-state index in [1.165, 1.54) is 31.2 Å². The summed E-state index contributed by atoms with van der Waals surface area (Å²) in [5.74, 6) is 0.838. The van der Waals surface area contributed by atoms with Gasteiger partial charge in [-0.3, -0.25) is 4.79 Å². The SMILES string of the molecule is O=C([C@H](c1ccccc1)C1CCCC1)N1CCC(n2cnc3cccnc32)CC1. The molecule has 1 atom stereocenters. The number of nitrogens with zero attached hydrogens (tertiary/aromatic N) is 4. The molecule has 5 nitrogen and oxygen atoms in total. The van der Waals surface area contributed by atoms with Gasteiger partial charge in [-0.2, -0.15) is 0 Å². The molecule has 1 aromatic carbocycles. The van der Waals surface area contributed by atoms with E-state index in [0.717, 1.165) is 37.1 Å². The van der Waals surface area contributed by atoms with Gasteiger partial charge in [0.2, 0.25) is 5.91 Å². The van der Waals surface area contributed by atoms with Gasteiger partial charge in [-0.05, 0) is 49.3 Å². The van der Waals surface area contributed by atoms with Crippen LogP contribution in [0, 0.1) is 5.92 Å². The maximum atomic E-state index is 13.6. The lowest BCUT2D eigenvalue weighted by molar-refractivity contribution is -0.135. The monoisotopic (exact) mass is 388 g/mol. The molecule has 1 aliphatic heterocycles. The smallest absolute Gasteiger partial charge is 0.230 e. The summed E-state index contributed by atoms with van der Waals surface area (Å²) >= 11 is 0. The van der Waals surface area contributed by atoms with Crippen LogP contribution in [-0.4, -0.2) is 38.4 Å². The fraction of sp³-hybridized carbons (Fsp3) is 0.458. The van der Waals surface area contributed by atoms with Crippen molar-refractivity contribution in [1.82, 2.24) is 19.4 Å². The molecule has 29 heavy (non-hydrogen) atoms. The van der Waals surface area contributed by atoms with Crippen molar-refractivity contribution in [3.05, 3.63) is 60.6 Å². The topological polar surface area (TPSA) is 51.0 Å². The summed E-state index contributed by atoms with van der Waals surface area (Å²) < 4.78 is 2.20. The Balaban J connectivity index is 1.32. The summed E-state index contributed by atoms with van der Waals surface area (Å²) in [6, 6.07) is 14.7. The molecule has 1 aliphatic carbocycles. The molecule has 1 amide bonds. The molecule has 5 rings (SSSR count). The minimum Gasteiger partial charge on any atom is -0.342 e. The fourth-order valence-corrected chi connectivity index (χ4v) is 5.26. The number of carbonyl (C=O) groups is 1. The molecule has 3 aromatic rings. The van der Waals surface area contributed by atoms with Crippen molar-refractivity contribution in [2.24, 2.45) is 5.92 Å². The molecule has 0 bridgehead atoms. The van der Waals surface area contributed by atoms with E-state index in [1.54, 1.807) is 0 Å². The Kier molecular flexibility index (Phi) is 5.04. The third kappa shape index (κ3) is 3.54. The number of amides is 1. The molecule has 2 fully saturated rings. The van der Waals surface area contributed by atoms with Gasteiger partial charge in [0, 0.05) is 25.3 Å². The zero-order valence-corrected chi connectivity index (χ0v) is 16.8. The number of fused-ring (bicyclic) bond motifs is 1. The van der Waals surface area contributed by atoms with Crippen LogP contribution in [-0.2, 0) is 4.79 Å². The van der Waals surface area contributed by atoms with Gasteiger partial charge >= 0.3 is 0 Å². The van der Waals surface area contributed by atoms with E-state index in [0.29, 0.717) is 17.9 Å². The maximum absolute atomic E-state index is 13.6. The van der Waals surface area contributed by atoms with E-state index >= 15 is 0 Å². The van der Waals surface area contributed by atoms with E-state index in [9.17, 15) is 4.79 Å². The summed E-state index contributed by atoms with van der Waals surface area (Å²) in [5, 5.41) is 0. The maximum Gasteiger partial charge on any atom is 0.230 e. The lowest BCUT2D eigenvalue weighted by Crippen LogP contribution is -2.43. The quantitative estimate of drug-likeness (QED) is 0.658. The van der Waals surface area contributed by atoms with Crippen molar-refractivity contribution >= 4 is 17.1 Å². The molecular weight excluding hydrogens is 360 g/mol. The van der Waals surface area contributed by atoms with Crippen LogP contribution in [0.2, 0.25) is 0 Å². The van der Waals surface area contributed by atoms with Crippen molar-refractivity contribution in [2.45, 2.75) is 50.5 Å². The molecule has 2 aromatic heterocycles. The van der Waals surface area contributed by atoms with Crippen LogP contribution in [0.5, 0.6) is 0 Å². The number of hydrogen-bond donors (Lipinski definition) is 0. The molecule has 0 unspecified atom stereocenters. The molecule has 5 heteroatoms. The predicted octanol–water partition coefficient (Wildman–Crippen LogP) is 4.57. The minimum atomic E-state index is 0.0194. The number of imidazole rings is 1. The van der Waals surface area contributed by atoms with E-state index in [-0.39, 0.29) is 5.92 Å². The third-order valence-electron chi connectivity index (χ3n) is 6.80. The average Bonchev–Trinajstić information content (AvgIpc) is 3.45. The highest BCUT2D eigenvalue weighted by Crippen LogP contribution is 2.39. The van der Waals surface area contributed by atoms with E-state index in [2.05, 4.69) is 43.7 Å². The molecule has 0 N–H and O–H groups in total. The highest BCUT2D eigenvalue weighted by atomic mass is 16.2. The molecule has 0 spiro atoms. The molecule has 0 radical (unpaired) electrons. The summed E-state index contributed by atoms with van der Waals surface area (Å²) in [4.78, 5) is 24.7. The van der Waals surface area contributed by atoms with E-state index in [1.807, 2.05) is 30.7 Å². The first kappa shape index (κ1) is 18.3. The minimum absolute atomic E-state index is 0.0194. The highest BCUT2D eigenvalue weighted by molar-refractivity contribution is 5.84. The van der Waals surface area contributed by atoms with Gasteiger partial charge in [0.05, 0.1) is 12.2 Å². The van der Waals surface area contributed by atoms with Crippen LogP contribution < -0.4 is 0 Å². The zero-order chi connectivity index (χ0) is 19.6. The number of hydrogen-bond acceptors (Lipinski definition) is 3. The lowest BCUT2D eigenvalue weighted by atomic mass is 9.83. The summed E-state index contributed by atoms with van der Waals surface area (Å²) in [7, 11) is 0. The fourth-order valence-electron chi connectivity index (χ4n) is 5.26. The van der Waals surface area contributed by atoms with Gasteiger partial charge in [-0.1, -0.05) is 43.2 Å². The number of likely N-dealkylation sites (tertiary alicyclic amines) is 1. The Morgan fingerprint density at radius 2 is 1.69 bits per heavy atom. The molecule has 3 heterocycles. The Morgan fingerprint density at radius 1 is 0.931 bits per heavy atom. The van der Waals surface area contributed by atoms with Gasteiger partial charge in [0.1, 0.15) is 5.52 Å². The van der Waals surface area contributed by atoms with Crippen LogP contribution in [0.25, 0.3) is 11.2 Å². The Labute approximate surface area is 171 Å². The summed E-state index contributed by atoms with van der Waals surface area (Å²) in [5.41, 5.74) is 3.08. The third-order valence-corrected chi connectivity index (χ3v) is 6.80. The van der Waals surface area contributed by atoms with Gasteiger partial charge in [0.15, 0.2) is 5.65 Å². The molecule has 150 valence electrons. The van der Waals surface area contributed by atoms with Crippen LogP contribution >= 0.6 is 0 Å². The van der Waals surface area contributed by atoms with E-state index < -0.39 is 0 Å². The van der Waals surface area contributed by atoms with Crippen molar-refractivity contribution in [2.75, 3.05) is 13.1 Å². The highest BCUT2D eigenvalue weighted by Gasteiger charge is 2.36. The first-order valence-corrected chi connectivity index (χ1v) is 10.9.